The molecule has 1 aromatic rings. The van der Waals surface area contributed by atoms with Gasteiger partial charge in [0.05, 0.1) is 0 Å². The van der Waals surface area contributed by atoms with Crippen LogP contribution in [0.3, 0.4) is 0 Å². The molecule has 0 atom stereocenters. The summed E-state index contributed by atoms with van der Waals surface area (Å²) >= 11 is 6.10. The molecule has 17 heavy (non-hydrogen) atoms. The third kappa shape index (κ3) is 4.33. The molecule has 1 aromatic carbocycles. The van der Waals surface area contributed by atoms with Gasteiger partial charge in [-0.1, -0.05) is 55.5 Å². The maximum atomic E-state index is 6.10. The lowest BCUT2D eigenvalue weighted by molar-refractivity contribution is 0.470. The SMILES string of the molecule is Clc1ccccc1CNCCCC1CCCC1. The summed E-state index contributed by atoms with van der Waals surface area (Å²) in [6.07, 6.45) is 8.54. The van der Waals surface area contributed by atoms with Crippen molar-refractivity contribution in [1.29, 1.82) is 0 Å². The quantitative estimate of drug-likeness (QED) is 0.739. The van der Waals surface area contributed by atoms with Gasteiger partial charge in [-0.3, -0.25) is 0 Å². The van der Waals surface area contributed by atoms with E-state index in [1.165, 1.54) is 44.1 Å². The molecule has 94 valence electrons. The molecule has 1 nitrogen and oxygen atoms in total. The van der Waals surface area contributed by atoms with Crippen LogP contribution < -0.4 is 5.32 Å². The summed E-state index contributed by atoms with van der Waals surface area (Å²) in [5, 5.41) is 4.35. The Balaban J connectivity index is 1.58. The molecule has 0 saturated heterocycles. The molecule has 0 unspecified atom stereocenters. The van der Waals surface area contributed by atoms with Gasteiger partial charge in [0.2, 0.25) is 0 Å². The Morgan fingerprint density at radius 3 is 2.71 bits per heavy atom. The van der Waals surface area contributed by atoms with Crippen LogP contribution in [0.1, 0.15) is 44.1 Å². The molecule has 1 saturated carbocycles. The fraction of sp³-hybridized carbons (Fsp3) is 0.600. The van der Waals surface area contributed by atoms with E-state index in [1.807, 2.05) is 18.2 Å². The molecule has 2 rings (SSSR count). The lowest BCUT2D eigenvalue weighted by Crippen LogP contribution is -2.15. The molecule has 0 bridgehead atoms. The van der Waals surface area contributed by atoms with Gasteiger partial charge in [-0.25, -0.2) is 0 Å². The van der Waals surface area contributed by atoms with E-state index in [0.717, 1.165) is 24.0 Å². The Morgan fingerprint density at radius 1 is 1.18 bits per heavy atom. The highest BCUT2D eigenvalue weighted by Gasteiger charge is 2.13. The lowest BCUT2D eigenvalue weighted by Gasteiger charge is -2.09. The lowest BCUT2D eigenvalue weighted by atomic mass is 10.0. The van der Waals surface area contributed by atoms with Gasteiger partial charge in [-0.2, -0.15) is 0 Å². The summed E-state index contributed by atoms with van der Waals surface area (Å²) < 4.78 is 0. The van der Waals surface area contributed by atoms with Crippen LogP contribution in [0.25, 0.3) is 0 Å². The number of halogens is 1. The van der Waals surface area contributed by atoms with E-state index in [-0.39, 0.29) is 0 Å². The number of nitrogens with one attached hydrogen (secondary N) is 1. The van der Waals surface area contributed by atoms with Gasteiger partial charge in [0.25, 0.3) is 0 Å². The molecule has 0 aromatic heterocycles. The van der Waals surface area contributed by atoms with E-state index in [1.54, 1.807) is 0 Å². The fourth-order valence-electron chi connectivity index (χ4n) is 2.68. The molecule has 0 aliphatic heterocycles. The largest absolute Gasteiger partial charge is 0.313 e. The summed E-state index contributed by atoms with van der Waals surface area (Å²) in [5.41, 5.74) is 1.20. The van der Waals surface area contributed by atoms with Crippen molar-refractivity contribution in [2.24, 2.45) is 5.92 Å². The van der Waals surface area contributed by atoms with Crippen molar-refractivity contribution < 1.29 is 0 Å². The van der Waals surface area contributed by atoms with Gasteiger partial charge in [-0.05, 0) is 36.9 Å². The van der Waals surface area contributed by atoms with Gasteiger partial charge >= 0.3 is 0 Å². The highest BCUT2D eigenvalue weighted by atomic mass is 35.5. The molecule has 0 spiro atoms. The van der Waals surface area contributed by atoms with Crippen molar-refractivity contribution in [2.45, 2.75) is 45.1 Å². The van der Waals surface area contributed by atoms with E-state index in [0.29, 0.717) is 0 Å². The maximum Gasteiger partial charge on any atom is 0.0450 e. The first-order valence-electron chi connectivity index (χ1n) is 6.80. The van der Waals surface area contributed by atoms with Crippen LogP contribution >= 0.6 is 11.6 Å². The molecule has 2 heteroatoms. The Labute approximate surface area is 110 Å². The van der Waals surface area contributed by atoms with Gasteiger partial charge in [0.1, 0.15) is 0 Å². The van der Waals surface area contributed by atoms with Gasteiger partial charge in [-0.15, -0.1) is 0 Å². The molecule has 1 fully saturated rings. The average molecular weight is 252 g/mol. The summed E-state index contributed by atoms with van der Waals surface area (Å²) in [6.45, 7) is 2.01. The first-order valence-corrected chi connectivity index (χ1v) is 7.18. The van der Waals surface area contributed by atoms with Crippen molar-refractivity contribution in [1.82, 2.24) is 5.32 Å². The zero-order valence-corrected chi connectivity index (χ0v) is 11.2. The number of hydrogen-bond donors (Lipinski definition) is 1. The minimum absolute atomic E-state index is 0.871. The topological polar surface area (TPSA) is 12.0 Å². The standard InChI is InChI=1S/C15H22ClN/c16-15-10-4-3-9-14(15)12-17-11-5-8-13-6-1-2-7-13/h3-4,9-10,13,17H,1-2,5-8,11-12H2. The van der Waals surface area contributed by atoms with Crippen LogP contribution in [0.4, 0.5) is 0 Å². The van der Waals surface area contributed by atoms with Gasteiger partial charge in [0, 0.05) is 11.6 Å². The first kappa shape index (κ1) is 12.9. The molecular weight excluding hydrogens is 230 g/mol. The van der Waals surface area contributed by atoms with Crippen molar-refractivity contribution in [3.05, 3.63) is 34.9 Å². The monoisotopic (exact) mass is 251 g/mol. The first-order chi connectivity index (χ1) is 8.36. The Kier molecular flexibility index (Phi) is 5.34. The third-order valence-corrected chi connectivity index (χ3v) is 4.08. The smallest absolute Gasteiger partial charge is 0.0450 e. The molecule has 1 N–H and O–H groups in total. The second-order valence-electron chi connectivity index (χ2n) is 5.06. The van der Waals surface area contributed by atoms with Crippen molar-refractivity contribution in [3.8, 4) is 0 Å². The summed E-state index contributed by atoms with van der Waals surface area (Å²) in [5.74, 6) is 1.01. The Bertz CT molecular complexity index is 331. The normalized spacial score (nSPS) is 16.5. The number of rotatable bonds is 6. The Hall–Kier alpha value is -0.530. The summed E-state index contributed by atoms with van der Waals surface area (Å²) in [6, 6.07) is 8.07. The fourth-order valence-corrected chi connectivity index (χ4v) is 2.88. The maximum absolute atomic E-state index is 6.10. The predicted octanol–water partition coefficient (Wildman–Crippen LogP) is 4.40. The number of hydrogen-bond acceptors (Lipinski definition) is 1. The van der Waals surface area contributed by atoms with Crippen LogP contribution in [0.15, 0.2) is 24.3 Å². The van der Waals surface area contributed by atoms with Crippen molar-refractivity contribution >= 4 is 11.6 Å². The van der Waals surface area contributed by atoms with Crippen LogP contribution in [-0.2, 0) is 6.54 Å². The predicted molar refractivity (Wildman–Crippen MR) is 74.4 cm³/mol. The highest BCUT2D eigenvalue weighted by molar-refractivity contribution is 6.31. The summed E-state index contributed by atoms with van der Waals surface area (Å²) in [4.78, 5) is 0. The second-order valence-corrected chi connectivity index (χ2v) is 5.47. The zero-order valence-electron chi connectivity index (χ0n) is 10.4. The molecule has 0 heterocycles. The average Bonchev–Trinajstić information content (AvgIpc) is 2.84. The van der Waals surface area contributed by atoms with Crippen LogP contribution in [0.5, 0.6) is 0 Å². The number of benzene rings is 1. The second kappa shape index (κ2) is 7.03. The van der Waals surface area contributed by atoms with Crippen molar-refractivity contribution in [2.75, 3.05) is 6.54 Å². The van der Waals surface area contributed by atoms with Gasteiger partial charge in [0.15, 0.2) is 0 Å². The van der Waals surface area contributed by atoms with Crippen LogP contribution in [0, 0.1) is 5.92 Å². The molecular formula is C15H22ClN. The third-order valence-electron chi connectivity index (χ3n) is 3.71. The van der Waals surface area contributed by atoms with E-state index in [4.69, 9.17) is 11.6 Å². The van der Waals surface area contributed by atoms with Crippen LogP contribution in [0.2, 0.25) is 5.02 Å². The van der Waals surface area contributed by atoms with E-state index in [2.05, 4.69) is 11.4 Å². The summed E-state index contributed by atoms with van der Waals surface area (Å²) in [7, 11) is 0. The minimum atomic E-state index is 0.871. The zero-order chi connectivity index (χ0) is 11.9. The minimum Gasteiger partial charge on any atom is -0.313 e. The molecule has 1 aliphatic carbocycles. The van der Waals surface area contributed by atoms with Crippen LogP contribution in [-0.4, -0.2) is 6.54 Å². The molecule has 0 radical (unpaired) electrons. The Morgan fingerprint density at radius 2 is 1.94 bits per heavy atom. The molecule has 0 amide bonds. The highest BCUT2D eigenvalue weighted by Crippen LogP contribution is 2.28. The molecule has 1 aliphatic rings. The van der Waals surface area contributed by atoms with Crippen molar-refractivity contribution in [3.63, 3.8) is 0 Å². The van der Waals surface area contributed by atoms with E-state index in [9.17, 15) is 0 Å². The van der Waals surface area contributed by atoms with E-state index >= 15 is 0 Å². The van der Waals surface area contributed by atoms with E-state index < -0.39 is 0 Å². The van der Waals surface area contributed by atoms with Gasteiger partial charge < -0.3 is 5.32 Å².